The summed E-state index contributed by atoms with van der Waals surface area (Å²) in [7, 11) is 0. The molecule has 4 heterocycles. The van der Waals surface area contributed by atoms with Gasteiger partial charge in [-0.25, -0.2) is 9.97 Å². The largest absolute Gasteiger partial charge is 0.448 e. The number of benzene rings is 1. The Balaban J connectivity index is 1.54. The lowest BCUT2D eigenvalue weighted by molar-refractivity contribution is 0.369. The van der Waals surface area contributed by atoms with Gasteiger partial charge in [-0.05, 0) is 12.1 Å². The summed E-state index contributed by atoms with van der Waals surface area (Å²) < 4.78 is 12.2. The van der Waals surface area contributed by atoms with Crippen molar-refractivity contribution < 1.29 is 8.94 Å². The third kappa shape index (κ3) is 2.25. The van der Waals surface area contributed by atoms with Gasteiger partial charge in [-0.15, -0.1) is 0 Å². The number of rotatable bonds is 3. The summed E-state index contributed by atoms with van der Waals surface area (Å²) in [5.41, 5.74) is 1.52. The lowest BCUT2D eigenvalue weighted by Gasteiger charge is -2.00. The van der Waals surface area contributed by atoms with Crippen LogP contribution in [0.3, 0.4) is 0 Å². The van der Waals surface area contributed by atoms with E-state index in [1.54, 1.807) is 12.3 Å². The van der Waals surface area contributed by atoms with Crippen LogP contribution in [0, 0.1) is 0 Å². The first kappa shape index (κ1) is 14.5. The molecule has 0 amide bonds. The van der Waals surface area contributed by atoms with Crippen molar-refractivity contribution in [2.24, 2.45) is 0 Å². The molecule has 0 radical (unpaired) electrons. The Morgan fingerprint density at radius 3 is 2.92 bits per heavy atom. The Hall–Kier alpha value is -3.88. The van der Waals surface area contributed by atoms with Gasteiger partial charge in [-0.2, -0.15) is 4.98 Å². The summed E-state index contributed by atoms with van der Waals surface area (Å²) in [6.07, 6.45) is 6.06. The quantitative estimate of drug-likeness (QED) is 0.488. The number of aromatic nitrogens is 6. The summed E-state index contributed by atoms with van der Waals surface area (Å²) in [5.74, 6) is 0.559. The molecular formula is C17H10N6O3. The second-order valence-corrected chi connectivity index (χ2v) is 5.56. The van der Waals surface area contributed by atoms with Crippen molar-refractivity contribution in [3.05, 3.63) is 65.4 Å². The maximum atomic E-state index is 12.7. The van der Waals surface area contributed by atoms with Gasteiger partial charge in [-0.3, -0.25) is 14.3 Å². The van der Waals surface area contributed by atoms with Crippen LogP contribution in [-0.4, -0.2) is 29.7 Å². The van der Waals surface area contributed by atoms with Gasteiger partial charge < -0.3 is 8.94 Å². The smallest absolute Gasteiger partial charge is 0.297 e. The fourth-order valence-electron chi connectivity index (χ4n) is 2.71. The van der Waals surface area contributed by atoms with E-state index in [4.69, 9.17) is 8.94 Å². The summed E-state index contributed by atoms with van der Waals surface area (Å²) in [5, 5.41) is 4.66. The zero-order chi connectivity index (χ0) is 17.5. The fourth-order valence-corrected chi connectivity index (χ4v) is 2.71. The average Bonchev–Trinajstić information content (AvgIpc) is 3.30. The number of para-hydroxylation sites is 1. The van der Waals surface area contributed by atoms with Crippen molar-refractivity contribution in [2.45, 2.75) is 6.54 Å². The first-order valence-corrected chi connectivity index (χ1v) is 7.75. The van der Waals surface area contributed by atoms with Crippen LogP contribution in [-0.2, 0) is 6.54 Å². The highest BCUT2D eigenvalue weighted by Crippen LogP contribution is 2.24. The van der Waals surface area contributed by atoms with Gasteiger partial charge in [0.25, 0.3) is 5.56 Å². The third-order valence-corrected chi connectivity index (χ3v) is 3.92. The van der Waals surface area contributed by atoms with Gasteiger partial charge in [0.05, 0.1) is 12.5 Å². The van der Waals surface area contributed by atoms with E-state index in [1.807, 2.05) is 18.2 Å². The van der Waals surface area contributed by atoms with Gasteiger partial charge >= 0.3 is 0 Å². The van der Waals surface area contributed by atoms with Crippen molar-refractivity contribution in [1.82, 2.24) is 29.7 Å². The maximum Gasteiger partial charge on any atom is 0.297 e. The van der Waals surface area contributed by atoms with E-state index in [0.29, 0.717) is 22.6 Å². The van der Waals surface area contributed by atoms with Crippen molar-refractivity contribution in [3.8, 4) is 11.5 Å². The number of hydrogen-bond donors (Lipinski definition) is 0. The number of nitrogens with zero attached hydrogens (tertiary/aromatic N) is 6. The molecule has 0 fully saturated rings. The molecule has 26 heavy (non-hydrogen) atoms. The Kier molecular flexibility index (Phi) is 3.11. The monoisotopic (exact) mass is 346 g/mol. The summed E-state index contributed by atoms with van der Waals surface area (Å²) in [6.45, 7) is 0.0755. The summed E-state index contributed by atoms with van der Waals surface area (Å²) >= 11 is 0. The molecule has 126 valence electrons. The van der Waals surface area contributed by atoms with E-state index >= 15 is 0 Å². The van der Waals surface area contributed by atoms with Gasteiger partial charge in [-0.1, -0.05) is 17.3 Å². The number of furan rings is 1. The highest BCUT2D eigenvalue weighted by Gasteiger charge is 2.15. The maximum absolute atomic E-state index is 12.7. The van der Waals surface area contributed by atoms with E-state index in [2.05, 4.69) is 25.1 Å². The Morgan fingerprint density at radius 2 is 2.04 bits per heavy atom. The van der Waals surface area contributed by atoms with Crippen molar-refractivity contribution in [2.75, 3.05) is 0 Å². The van der Waals surface area contributed by atoms with E-state index in [-0.39, 0.29) is 23.6 Å². The van der Waals surface area contributed by atoms with E-state index in [0.717, 1.165) is 5.39 Å². The lowest BCUT2D eigenvalue weighted by atomic mass is 10.2. The summed E-state index contributed by atoms with van der Waals surface area (Å²) in [6, 6.07) is 7.38. The molecule has 0 aliphatic rings. The molecule has 0 atom stereocenters. The Labute approximate surface area is 145 Å². The minimum atomic E-state index is -0.314. The molecule has 0 unspecified atom stereocenters. The van der Waals surface area contributed by atoms with Crippen molar-refractivity contribution in [3.63, 3.8) is 0 Å². The normalized spacial score (nSPS) is 11.4. The molecule has 0 saturated heterocycles. The standard InChI is InChI=1S/C17H10N6O3/c24-17-15-14(10-3-1-2-4-12(10)25-15)20-9-23(17)8-13-21-16(22-26-13)11-7-18-5-6-19-11/h1-7,9H,8H2. The Bertz CT molecular complexity index is 1290. The van der Waals surface area contributed by atoms with E-state index in [9.17, 15) is 4.79 Å². The molecular weight excluding hydrogens is 336 g/mol. The van der Waals surface area contributed by atoms with Crippen LogP contribution in [0.1, 0.15) is 5.89 Å². The van der Waals surface area contributed by atoms with Crippen LogP contribution in [0.4, 0.5) is 0 Å². The SMILES string of the molecule is O=c1c2oc3ccccc3c2ncn1Cc1nc(-c2cnccn2)no1. The minimum absolute atomic E-state index is 0.0755. The van der Waals surface area contributed by atoms with Gasteiger partial charge in [0.2, 0.25) is 17.3 Å². The van der Waals surface area contributed by atoms with Crippen LogP contribution >= 0.6 is 0 Å². The summed E-state index contributed by atoms with van der Waals surface area (Å²) in [4.78, 5) is 29.4. The highest BCUT2D eigenvalue weighted by atomic mass is 16.5. The number of hydrogen-bond acceptors (Lipinski definition) is 8. The predicted molar refractivity (Wildman–Crippen MR) is 90.2 cm³/mol. The average molecular weight is 346 g/mol. The van der Waals surface area contributed by atoms with Crippen LogP contribution < -0.4 is 5.56 Å². The lowest BCUT2D eigenvalue weighted by Crippen LogP contribution is -2.20. The molecule has 9 heteroatoms. The van der Waals surface area contributed by atoms with Crippen molar-refractivity contribution in [1.29, 1.82) is 0 Å². The fraction of sp³-hybridized carbons (Fsp3) is 0.0588. The Morgan fingerprint density at radius 1 is 1.12 bits per heavy atom. The van der Waals surface area contributed by atoms with E-state index in [1.165, 1.54) is 23.3 Å². The van der Waals surface area contributed by atoms with Crippen molar-refractivity contribution >= 4 is 22.1 Å². The molecule has 9 nitrogen and oxygen atoms in total. The predicted octanol–water partition coefficient (Wildman–Crippen LogP) is 2.03. The zero-order valence-electron chi connectivity index (χ0n) is 13.2. The minimum Gasteiger partial charge on any atom is -0.448 e. The number of fused-ring (bicyclic) bond motifs is 3. The highest BCUT2D eigenvalue weighted by molar-refractivity contribution is 6.01. The van der Waals surface area contributed by atoms with Gasteiger partial charge in [0.15, 0.2) is 0 Å². The molecule has 5 rings (SSSR count). The van der Waals surface area contributed by atoms with Gasteiger partial charge in [0.1, 0.15) is 23.3 Å². The van der Waals surface area contributed by atoms with Crippen LogP contribution in [0.25, 0.3) is 33.6 Å². The molecule has 5 aromatic rings. The topological polar surface area (TPSA) is 113 Å². The molecule has 1 aromatic carbocycles. The molecule has 4 aromatic heterocycles. The van der Waals surface area contributed by atoms with Crippen LogP contribution in [0.2, 0.25) is 0 Å². The molecule has 0 aliphatic heterocycles. The molecule has 0 aliphatic carbocycles. The molecule has 0 saturated carbocycles. The van der Waals surface area contributed by atoms with Crippen LogP contribution in [0.5, 0.6) is 0 Å². The first-order valence-electron chi connectivity index (χ1n) is 7.75. The second kappa shape index (κ2) is 5.59. The molecule has 0 bridgehead atoms. The zero-order valence-corrected chi connectivity index (χ0v) is 13.2. The first-order chi connectivity index (χ1) is 12.8. The van der Waals surface area contributed by atoms with Gasteiger partial charge in [0, 0.05) is 17.8 Å². The third-order valence-electron chi connectivity index (χ3n) is 3.92. The molecule has 0 N–H and O–H groups in total. The second-order valence-electron chi connectivity index (χ2n) is 5.56. The van der Waals surface area contributed by atoms with E-state index < -0.39 is 0 Å². The molecule has 0 spiro atoms. The van der Waals surface area contributed by atoms with Crippen LogP contribution in [0.15, 0.2) is 62.9 Å².